The lowest BCUT2D eigenvalue weighted by molar-refractivity contribution is -0.384. The van der Waals surface area contributed by atoms with Gasteiger partial charge < -0.3 is 9.67 Å². The van der Waals surface area contributed by atoms with Gasteiger partial charge in [0.05, 0.1) is 9.83 Å². The van der Waals surface area contributed by atoms with Crippen LogP contribution in [0.2, 0.25) is 0 Å². The van der Waals surface area contributed by atoms with Gasteiger partial charge in [-0.15, -0.1) is 0 Å². The van der Waals surface area contributed by atoms with Gasteiger partial charge >= 0.3 is 5.97 Å². The molecular weight excluding hydrogens is 402 g/mol. The Balaban J connectivity index is 1.95. The molecule has 2 heterocycles. The highest BCUT2D eigenvalue weighted by Gasteiger charge is 2.33. The largest absolute Gasteiger partial charge is 0.480 e. The van der Waals surface area contributed by atoms with Crippen molar-refractivity contribution >= 4 is 51.9 Å². The quantitative estimate of drug-likeness (QED) is 0.344. The van der Waals surface area contributed by atoms with Crippen LogP contribution in [-0.2, 0) is 9.59 Å². The van der Waals surface area contributed by atoms with Gasteiger partial charge in [0.25, 0.3) is 11.6 Å². The van der Waals surface area contributed by atoms with Crippen molar-refractivity contribution in [2.45, 2.75) is 13.8 Å². The monoisotopic (exact) mass is 417 g/mol. The lowest BCUT2D eigenvalue weighted by Gasteiger charge is -2.10. The van der Waals surface area contributed by atoms with E-state index in [1.165, 1.54) is 12.1 Å². The Labute approximate surface area is 169 Å². The summed E-state index contributed by atoms with van der Waals surface area (Å²) in [7, 11) is 0. The van der Waals surface area contributed by atoms with Crippen LogP contribution < -0.4 is 0 Å². The standard InChI is InChI=1S/C18H15N3O5S2/c1-10-7-12(8-15-17(24)19(9-16(22)23)18(27)28-15)11(2)20(10)13-3-5-14(6-4-13)21(25)26/h3-8H,9H2,1-2H3,(H,22,23)/b15-8-. The van der Waals surface area contributed by atoms with Crippen molar-refractivity contribution in [3.05, 3.63) is 62.3 Å². The Morgan fingerprint density at radius 2 is 1.96 bits per heavy atom. The number of nitro groups is 1. The number of hydrogen-bond acceptors (Lipinski definition) is 6. The van der Waals surface area contributed by atoms with Gasteiger partial charge in [-0.2, -0.15) is 0 Å². The molecule has 0 aliphatic carbocycles. The van der Waals surface area contributed by atoms with Crippen molar-refractivity contribution in [1.82, 2.24) is 9.47 Å². The summed E-state index contributed by atoms with van der Waals surface area (Å²) in [6.07, 6.45) is 1.69. The number of thiocarbonyl (C=S) groups is 1. The first-order chi connectivity index (χ1) is 13.2. The predicted molar refractivity (Wildman–Crippen MR) is 109 cm³/mol. The van der Waals surface area contributed by atoms with E-state index >= 15 is 0 Å². The third-order valence-corrected chi connectivity index (χ3v) is 5.62. The third kappa shape index (κ3) is 3.69. The van der Waals surface area contributed by atoms with E-state index in [0.29, 0.717) is 4.91 Å². The summed E-state index contributed by atoms with van der Waals surface area (Å²) in [6.45, 7) is 3.30. The van der Waals surface area contributed by atoms with Crippen LogP contribution in [0, 0.1) is 24.0 Å². The van der Waals surface area contributed by atoms with Gasteiger partial charge in [0.2, 0.25) is 0 Å². The van der Waals surface area contributed by atoms with Crippen LogP contribution >= 0.6 is 24.0 Å². The number of aryl methyl sites for hydroxylation is 1. The fraction of sp³-hybridized carbons (Fsp3) is 0.167. The number of carbonyl (C=O) groups is 2. The molecule has 3 rings (SSSR count). The molecule has 0 bridgehead atoms. The van der Waals surface area contributed by atoms with Gasteiger partial charge in [-0.1, -0.05) is 24.0 Å². The van der Waals surface area contributed by atoms with E-state index < -0.39 is 23.3 Å². The van der Waals surface area contributed by atoms with Crippen LogP contribution in [0.5, 0.6) is 0 Å². The van der Waals surface area contributed by atoms with Crippen LogP contribution in [-0.4, -0.2) is 42.2 Å². The van der Waals surface area contributed by atoms with Crippen LogP contribution in [0.15, 0.2) is 35.2 Å². The first kappa shape index (κ1) is 19.8. The molecule has 8 nitrogen and oxygen atoms in total. The molecule has 0 saturated carbocycles. The van der Waals surface area contributed by atoms with E-state index in [1.807, 2.05) is 24.5 Å². The molecule has 1 amide bonds. The molecule has 1 aliphatic heterocycles. The second kappa shape index (κ2) is 7.56. The molecule has 28 heavy (non-hydrogen) atoms. The molecule has 1 aliphatic rings. The summed E-state index contributed by atoms with van der Waals surface area (Å²) >= 11 is 6.17. The number of carboxylic acids is 1. The maximum Gasteiger partial charge on any atom is 0.323 e. The minimum atomic E-state index is -1.13. The van der Waals surface area contributed by atoms with E-state index in [2.05, 4.69) is 0 Å². The number of nitro benzene ring substituents is 1. The topological polar surface area (TPSA) is 106 Å². The summed E-state index contributed by atoms with van der Waals surface area (Å²) in [5, 5.41) is 19.8. The molecule has 0 unspecified atom stereocenters. The number of benzene rings is 1. The average Bonchev–Trinajstić information content (AvgIpc) is 3.05. The number of hydrogen-bond donors (Lipinski definition) is 1. The Hall–Kier alpha value is -2.98. The molecule has 1 aromatic heterocycles. The number of thioether (sulfide) groups is 1. The Morgan fingerprint density at radius 3 is 2.54 bits per heavy atom. The Kier molecular flexibility index (Phi) is 5.34. The predicted octanol–water partition coefficient (Wildman–Crippen LogP) is 3.29. The molecule has 0 radical (unpaired) electrons. The summed E-state index contributed by atoms with van der Waals surface area (Å²) in [5.41, 5.74) is 3.28. The van der Waals surface area contributed by atoms with Gasteiger partial charge in [0.1, 0.15) is 10.9 Å². The maximum atomic E-state index is 12.4. The van der Waals surface area contributed by atoms with Crippen molar-refractivity contribution in [3.8, 4) is 5.69 Å². The highest BCUT2D eigenvalue weighted by molar-refractivity contribution is 8.26. The van der Waals surface area contributed by atoms with E-state index in [1.54, 1.807) is 18.2 Å². The molecule has 0 spiro atoms. The minimum Gasteiger partial charge on any atom is -0.480 e. The van der Waals surface area contributed by atoms with Crippen molar-refractivity contribution in [3.63, 3.8) is 0 Å². The molecule has 2 aromatic rings. The SMILES string of the molecule is Cc1cc(/C=C2\SC(=S)N(CC(=O)O)C2=O)c(C)n1-c1ccc([N+](=O)[O-])cc1. The molecule has 144 valence electrons. The van der Waals surface area contributed by atoms with Crippen molar-refractivity contribution in [1.29, 1.82) is 0 Å². The molecular formula is C18H15N3O5S2. The zero-order valence-corrected chi connectivity index (χ0v) is 16.5. The zero-order valence-electron chi connectivity index (χ0n) is 14.9. The number of aliphatic carboxylic acids is 1. The fourth-order valence-corrected chi connectivity index (χ4v) is 4.21. The number of carbonyl (C=O) groups excluding carboxylic acids is 1. The second-order valence-electron chi connectivity index (χ2n) is 6.10. The van der Waals surface area contributed by atoms with E-state index in [9.17, 15) is 19.7 Å². The summed E-state index contributed by atoms with van der Waals surface area (Å²) in [5.74, 6) is -1.56. The van der Waals surface area contributed by atoms with E-state index in [-0.39, 0.29) is 10.0 Å². The van der Waals surface area contributed by atoms with E-state index in [4.69, 9.17) is 17.3 Å². The molecule has 1 N–H and O–H groups in total. The van der Waals surface area contributed by atoms with Crippen LogP contribution in [0.3, 0.4) is 0 Å². The third-order valence-electron chi connectivity index (χ3n) is 4.24. The van der Waals surface area contributed by atoms with Crippen LogP contribution in [0.1, 0.15) is 17.0 Å². The second-order valence-corrected chi connectivity index (χ2v) is 7.77. The number of non-ortho nitro benzene ring substituents is 1. The average molecular weight is 417 g/mol. The Bertz CT molecular complexity index is 1040. The number of aromatic nitrogens is 1. The number of amides is 1. The van der Waals surface area contributed by atoms with Gasteiger partial charge in [0.15, 0.2) is 0 Å². The number of rotatable bonds is 5. The van der Waals surface area contributed by atoms with Crippen molar-refractivity contribution in [2.24, 2.45) is 0 Å². The maximum absolute atomic E-state index is 12.4. The molecule has 0 atom stereocenters. The summed E-state index contributed by atoms with van der Waals surface area (Å²) < 4.78 is 2.14. The lowest BCUT2D eigenvalue weighted by Crippen LogP contribution is -2.33. The zero-order chi connectivity index (χ0) is 20.6. The highest BCUT2D eigenvalue weighted by atomic mass is 32.2. The van der Waals surface area contributed by atoms with Crippen molar-refractivity contribution in [2.75, 3.05) is 6.54 Å². The molecule has 1 saturated heterocycles. The van der Waals surface area contributed by atoms with Gasteiger partial charge in [0, 0.05) is 29.2 Å². The highest BCUT2D eigenvalue weighted by Crippen LogP contribution is 2.34. The minimum absolute atomic E-state index is 0.00791. The van der Waals surface area contributed by atoms with Gasteiger partial charge in [-0.05, 0) is 43.7 Å². The van der Waals surface area contributed by atoms with Crippen molar-refractivity contribution < 1.29 is 19.6 Å². The summed E-state index contributed by atoms with van der Waals surface area (Å²) in [4.78, 5) is 35.2. The smallest absolute Gasteiger partial charge is 0.323 e. The number of nitrogens with zero attached hydrogens (tertiary/aromatic N) is 3. The first-order valence-electron chi connectivity index (χ1n) is 8.10. The lowest BCUT2D eigenvalue weighted by atomic mass is 10.2. The van der Waals surface area contributed by atoms with Crippen LogP contribution in [0.25, 0.3) is 11.8 Å². The Morgan fingerprint density at radius 1 is 1.32 bits per heavy atom. The van der Waals surface area contributed by atoms with Gasteiger partial charge in [-0.25, -0.2) is 0 Å². The molecule has 1 fully saturated rings. The summed E-state index contributed by atoms with van der Waals surface area (Å²) in [6, 6.07) is 8.08. The van der Waals surface area contributed by atoms with E-state index in [0.717, 1.165) is 39.3 Å². The first-order valence-corrected chi connectivity index (χ1v) is 9.32. The number of carboxylic acid groups (broad SMARTS) is 1. The molecule has 10 heteroatoms. The van der Waals surface area contributed by atoms with Crippen LogP contribution in [0.4, 0.5) is 5.69 Å². The fourth-order valence-electron chi connectivity index (χ4n) is 2.97. The normalized spacial score (nSPS) is 15.5. The molecule has 1 aromatic carbocycles. The van der Waals surface area contributed by atoms with Gasteiger partial charge in [-0.3, -0.25) is 24.6 Å².